The van der Waals surface area contributed by atoms with Gasteiger partial charge in [-0.2, -0.15) is 0 Å². The Morgan fingerprint density at radius 1 is 1.47 bits per heavy atom. The van der Waals surface area contributed by atoms with Crippen molar-refractivity contribution >= 4 is 5.69 Å². The first-order valence-corrected chi connectivity index (χ1v) is 7.16. The Bertz CT molecular complexity index is 410. The summed E-state index contributed by atoms with van der Waals surface area (Å²) in [6.45, 7) is 8.34. The third-order valence-corrected chi connectivity index (χ3v) is 4.00. The Labute approximate surface area is 116 Å². The monoisotopic (exact) mass is 263 g/mol. The first-order valence-electron chi connectivity index (χ1n) is 7.16. The zero-order chi connectivity index (χ0) is 13.8. The third kappa shape index (κ3) is 3.38. The van der Waals surface area contributed by atoms with Gasteiger partial charge in [0.2, 0.25) is 5.88 Å². The van der Waals surface area contributed by atoms with Gasteiger partial charge in [-0.05, 0) is 45.4 Å². The van der Waals surface area contributed by atoms with Gasteiger partial charge in [-0.15, -0.1) is 0 Å². The Balaban J connectivity index is 2.08. The molecule has 2 heterocycles. The fourth-order valence-electron chi connectivity index (χ4n) is 2.69. The molecular weight excluding hydrogens is 238 g/mol. The third-order valence-electron chi connectivity index (χ3n) is 4.00. The maximum absolute atomic E-state index is 5.58. The van der Waals surface area contributed by atoms with Crippen molar-refractivity contribution in [2.75, 3.05) is 25.5 Å². The van der Waals surface area contributed by atoms with Gasteiger partial charge in [-0.1, -0.05) is 6.92 Å². The largest absolute Gasteiger partial charge is 0.476 e. The first kappa shape index (κ1) is 14.1. The number of aromatic nitrogens is 1. The van der Waals surface area contributed by atoms with E-state index in [1.807, 2.05) is 19.1 Å². The van der Waals surface area contributed by atoms with Crippen molar-refractivity contribution in [3.05, 3.63) is 18.3 Å². The van der Waals surface area contributed by atoms with Gasteiger partial charge in [0, 0.05) is 24.8 Å². The van der Waals surface area contributed by atoms with E-state index in [1.165, 1.54) is 0 Å². The SMILES string of the molecule is CCOc1ncccc1NC1CC(C)N(C)CC1C. The highest BCUT2D eigenvalue weighted by Crippen LogP contribution is 2.28. The summed E-state index contributed by atoms with van der Waals surface area (Å²) in [7, 11) is 2.20. The van der Waals surface area contributed by atoms with Crippen LogP contribution in [0.15, 0.2) is 18.3 Å². The zero-order valence-corrected chi connectivity index (χ0v) is 12.4. The van der Waals surface area contributed by atoms with E-state index in [2.05, 4.69) is 36.1 Å². The molecule has 4 heteroatoms. The van der Waals surface area contributed by atoms with Gasteiger partial charge < -0.3 is 15.0 Å². The maximum atomic E-state index is 5.58. The fraction of sp³-hybridized carbons (Fsp3) is 0.667. The Hall–Kier alpha value is -1.29. The summed E-state index contributed by atoms with van der Waals surface area (Å²) in [4.78, 5) is 6.72. The summed E-state index contributed by atoms with van der Waals surface area (Å²) in [6, 6.07) is 5.09. The highest BCUT2D eigenvalue weighted by Gasteiger charge is 2.29. The van der Waals surface area contributed by atoms with Crippen molar-refractivity contribution < 1.29 is 4.74 Å². The second-order valence-corrected chi connectivity index (χ2v) is 5.54. The van der Waals surface area contributed by atoms with E-state index in [4.69, 9.17) is 4.74 Å². The van der Waals surface area contributed by atoms with Crippen LogP contribution < -0.4 is 10.1 Å². The van der Waals surface area contributed by atoms with Gasteiger partial charge in [-0.3, -0.25) is 0 Å². The van der Waals surface area contributed by atoms with E-state index in [-0.39, 0.29) is 0 Å². The van der Waals surface area contributed by atoms with Crippen LogP contribution in [0, 0.1) is 5.92 Å². The molecule has 19 heavy (non-hydrogen) atoms. The normalized spacial score (nSPS) is 28.1. The molecule has 0 aromatic carbocycles. The van der Waals surface area contributed by atoms with Crippen LogP contribution in [0.4, 0.5) is 5.69 Å². The zero-order valence-electron chi connectivity index (χ0n) is 12.4. The molecule has 0 aliphatic carbocycles. The Morgan fingerprint density at radius 2 is 2.26 bits per heavy atom. The molecule has 106 valence electrons. The van der Waals surface area contributed by atoms with Crippen molar-refractivity contribution in [3.8, 4) is 5.88 Å². The molecule has 1 aromatic rings. The minimum Gasteiger partial charge on any atom is -0.476 e. The molecule has 0 saturated carbocycles. The molecule has 1 aliphatic heterocycles. The van der Waals surface area contributed by atoms with E-state index in [0.29, 0.717) is 30.5 Å². The van der Waals surface area contributed by atoms with Crippen molar-refractivity contribution in [1.82, 2.24) is 9.88 Å². The molecule has 1 N–H and O–H groups in total. The van der Waals surface area contributed by atoms with Crippen LogP contribution in [0.3, 0.4) is 0 Å². The molecule has 1 saturated heterocycles. The minimum atomic E-state index is 0.481. The second-order valence-electron chi connectivity index (χ2n) is 5.54. The van der Waals surface area contributed by atoms with Gasteiger partial charge >= 0.3 is 0 Å². The second kappa shape index (κ2) is 6.24. The molecule has 2 rings (SSSR count). The van der Waals surface area contributed by atoms with Crippen molar-refractivity contribution in [1.29, 1.82) is 0 Å². The minimum absolute atomic E-state index is 0.481. The number of anilines is 1. The number of hydrogen-bond donors (Lipinski definition) is 1. The van der Waals surface area contributed by atoms with Crippen molar-refractivity contribution in [2.24, 2.45) is 5.92 Å². The molecule has 0 amide bonds. The molecule has 3 atom stereocenters. The van der Waals surface area contributed by atoms with Crippen LogP contribution in [0.5, 0.6) is 5.88 Å². The molecule has 0 radical (unpaired) electrons. The quantitative estimate of drug-likeness (QED) is 0.906. The molecule has 1 aliphatic rings. The topological polar surface area (TPSA) is 37.4 Å². The predicted octanol–water partition coefficient (Wildman–Crippen LogP) is 2.62. The number of ether oxygens (including phenoxy) is 1. The van der Waals surface area contributed by atoms with Gasteiger partial charge in [0.1, 0.15) is 0 Å². The number of pyridine rings is 1. The number of nitrogens with zero attached hydrogens (tertiary/aromatic N) is 2. The van der Waals surface area contributed by atoms with Crippen molar-refractivity contribution in [2.45, 2.75) is 39.3 Å². The van der Waals surface area contributed by atoms with Crippen LogP contribution in [0.1, 0.15) is 27.2 Å². The average molecular weight is 263 g/mol. The van der Waals surface area contributed by atoms with Gasteiger partial charge in [0.15, 0.2) is 0 Å². The number of piperidine rings is 1. The van der Waals surface area contributed by atoms with Crippen LogP contribution >= 0.6 is 0 Å². The van der Waals surface area contributed by atoms with E-state index in [0.717, 1.165) is 18.7 Å². The lowest BCUT2D eigenvalue weighted by Gasteiger charge is -2.40. The van der Waals surface area contributed by atoms with Crippen LogP contribution in [0.2, 0.25) is 0 Å². The van der Waals surface area contributed by atoms with E-state index >= 15 is 0 Å². The highest BCUT2D eigenvalue weighted by molar-refractivity contribution is 5.52. The summed E-state index contributed by atoms with van der Waals surface area (Å²) in [6.07, 6.45) is 2.93. The number of nitrogens with one attached hydrogen (secondary N) is 1. The number of rotatable bonds is 4. The van der Waals surface area contributed by atoms with Crippen LogP contribution in [-0.4, -0.2) is 42.2 Å². The van der Waals surface area contributed by atoms with E-state index in [9.17, 15) is 0 Å². The number of likely N-dealkylation sites (tertiary alicyclic amines) is 1. The standard InChI is InChI=1S/C15H25N3O/c1-5-19-15-13(7-6-8-16-15)17-14-9-12(3)18(4)10-11(14)2/h6-8,11-12,14,17H,5,9-10H2,1-4H3. The lowest BCUT2D eigenvalue weighted by molar-refractivity contribution is 0.145. The summed E-state index contributed by atoms with van der Waals surface area (Å²) < 4.78 is 5.58. The molecule has 3 unspecified atom stereocenters. The smallest absolute Gasteiger partial charge is 0.237 e. The number of hydrogen-bond acceptors (Lipinski definition) is 4. The Morgan fingerprint density at radius 3 is 3.00 bits per heavy atom. The lowest BCUT2D eigenvalue weighted by Crippen LogP contribution is -2.48. The molecule has 4 nitrogen and oxygen atoms in total. The Kier molecular flexibility index (Phi) is 4.64. The van der Waals surface area contributed by atoms with Crippen LogP contribution in [0.25, 0.3) is 0 Å². The molecule has 0 spiro atoms. The van der Waals surface area contributed by atoms with E-state index in [1.54, 1.807) is 6.20 Å². The van der Waals surface area contributed by atoms with Gasteiger partial charge in [0.05, 0.1) is 12.3 Å². The predicted molar refractivity (Wildman–Crippen MR) is 78.7 cm³/mol. The maximum Gasteiger partial charge on any atom is 0.237 e. The van der Waals surface area contributed by atoms with Crippen molar-refractivity contribution in [3.63, 3.8) is 0 Å². The summed E-state index contributed by atoms with van der Waals surface area (Å²) in [5.41, 5.74) is 1.01. The van der Waals surface area contributed by atoms with Crippen LogP contribution in [-0.2, 0) is 0 Å². The van der Waals surface area contributed by atoms with Gasteiger partial charge in [-0.25, -0.2) is 4.98 Å². The molecule has 1 fully saturated rings. The molecular formula is C15H25N3O. The molecule has 1 aromatic heterocycles. The first-order chi connectivity index (χ1) is 9.11. The van der Waals surface area contributed by atoms with Gasteiger partial charge in [0.25, 0.3) is 0 Å². The van der Waals surface area contributed by atoms with E-state index < -0.39 is 0 Å². The highest BCUT2D eigenvalue weighted by atomic mass is 16.5. The lowest BCUT2D eigenvalue weighted by atomic mass is 9.89. The molecule has 0 bridgehead atoms. The average Bonchev–Trinajstić information content (AvgIpc) is 2.38. The summed E-state index contributed by atoms with van der Waals surface area (Å²) in [5, 5.41) is 3.62. The summed E-state index contributed by atoms with van der Waals surface area (Å²) in [5.74, 6) is 1.33. The summed E-state index contributed by atoms with van der Waals surface area (Å²) >= 11 is 0. The fourth-order valence-corrected chi connectivity index (χ4v) is 2.69.